The molecule has 1 heterocycles. The van der Waals surface area contributed by atoms with Crippen LogP contribution in [0.2, 0.25) is 0 Å². The van der Waals surface area contributed by atoms with Crippen LogP contribution in [-0.4, -0.2) is 46.4 Å². The van der Waals surface area contributed by atoms with Crippen LogP contribution in [0.25, 0.3) is 0 Å². The summed E-state index contributed by atoms with van der Waals surface area (Å²) in [7, 11) is 0. The van der Waals surface area contributed by atoms with Gasteiger partial charge >= 0.3 is 0 Å². The first kappa shape index (κ1) is 14.4. The highest BCUT2D eigenvalue weighted by molar-refractivity contribution is 7.78. The lowest BCUT2D eigenvalue weighted by Gasteiger charge is -2.35. The molecular formula is C13H18FN2O2S-. The number of hydrogen-bond acceptors (Lipinski definition) is 4. The summed E-state index contributed by atoms with van der Waals surface area (Å²) in [6, 6.07) is 4.96. The normalized spacial score (nSPS) is 18.6. The Morgan fingerprint density at radius 1 is 1.32 bits per heavy atom. The van der Waals surface area contributed by atoms with E-state index in [4.69, 9.17) is 0 Å². The average Bonchev–Trinajstić information content (AvgIpc) is 2.41. The fourth-order valence-corrected chi connectivity index (χ4v) is 2.83. The van der Waals surface area contributed by atoms with Gasteiger partial charge in [-0.2, -0.15) is 0 Å². The van der Waals surface area contributed by atoms with Crippen molar-refractivity contribution in [3.63, 3.8) is 0 Å². The standard InChI is InChI=1S/C13H19FN2O2S/c1-2-15-6-8-16(9-7-15)12-5-3-4-11(13(12)14)10-19(17)18/h3-5H,2,6-10H2,1H3,(H,17,18)/p-1. The molecule has 1 atom stereocenters. The molecule has 1 saturated heterocycles. The van der Waals surface area contributed by atoms with Gasteiger partial charge in [0.15, 0.2) is 5.82 Å². The van der Waals surface area contributed by atoms with Gasteiger partial charge in [0.1, 0.15) is 0 Å². The monoisotopic (exact) mass is 285 g/mol. The van der Waals surface area contributed by atoms with Gasteiger partial charge in [-0.1, -0.05) is 30.1 Å². The lowest BCUT2D eigenvalue weighted by atomic mass is 10.1. The maximum absolute atomic E-state index is 14.3. The molecule has 6 heteroatoms. The Kier molecular flexibility index (Phi) is 4.90. The van der Waals surface area contributed by atoms with Crippen molar-refractivity contribution in [2.75, 3.05) is 37.6 Å². The number of anilines is 1. The molecule has 1 unspecified atom stereocenters. The summed E-state index contributed by atoms with van der Waals surface area (Å²) >= 11 is -2.26. The number of piperazine rings is 1. The zero-order valence-corrected chi connectivity index (χ0v) is 11.8. The van der Waals surface area contributed by atoms with E-state index in [-0.39, 0.29) is 11.3 Å². The molecule has 0 aromatic heterocycles. The third-order valence-electron chi connectivity index (χ3n) is 3.49. The first-order valence-electron chi connectivity index (χ1n) is 6.42. The molecule has 1 aliphatic heterocycles. The Balaban J connectivity index is 2.14. The van der Waals surface area contributed by atoms with Crippen molar-refractivity contribution in [3.05, 3.63) is 29.6 Å². The van der Waals surface area contributed by atoms with Crippen molar-refractivity contribution >= 4 is 16.8 Å². The fraction of sp³-hybridized carbons (Fsp3) is 0.538. The molecule has 106 valence electrons. The molecule has 1 aliphatic rings. The molecule has 0 aliphatic carbocycles. The Labute approximate surface area is 115 Å². The lowest BCUT2D eigenvalue weighted by molar-refractivity contribution is 0.270. The molecule has 19 heavy (non-hydrogen) atoms. The topological polar surface area (TPSA) is 46.6 Å². The molecule has 1 aromatic rings. The number of nitrogens with zero attached hydrogens (tertiary/aromatic N) is 2. The van der Waals surface area contributed by atoms with E-state index in [0.29, 0.717) is 5.69 Å². The van der Waals surface area contributed by atoms with Gasteiger partial charge in [0.2, 0.25) is 0 Å². The molecule has 0 N–H and O–H groups in total. The predicted molar refractivity (Wildman–Crippen MR) is 73.4 cm³/mol. The van der Waals surface area contributed by atoms with Crippen LogP contribution in [-0.2, 0) is 16.8 Å². The summed E-state index contributed by atoms with van der Waals surface area (Å²) in [6.45, 7) is 6.48. The SMILES string of the molecule is CCN1CCN(c2cccc(CS(=O)[O-])c2F)CC1. The van der Waals surface area contributed by atoms with E-state index < -0.39 is 16.9 Å². The van der Waals surface area contributed by atoms with Crippen molar-refractivity contribution in [3.8, 4) is 0 Å². The van der Waals surface area contributed by atoms with Gasteiger partial charge < -0.3 is 14.4 Å². The number of halogens is 1. The largest absolute Gasteiger partial charge is 0.772 e. The third kappa shape index (κ3) is 3.52. The Morgan fingerprint density at radius 3 is 2.58 bits per heavy atom. The van der Waals surface area contributed by atoms with E-state index in [1.54, 1.807) is 12.1 Å². The minimum absolute atomic E-state index is 0.240. The van der Waals surface area contributed by atoms with E-state index in [1.165, 1.54) is 6.07 Å². The van der Waals surface area contributed by atoms with Gasteiger partial charge in [0, 0.05) is 37.5 Å². The van der Waals surface area contributed by atoms with Crippen LogP contribution in [0.1, 0.15) is 12.5 Å². The number of hydrogen-bond donors (Lipinski definition) is 0. The summed E-state index contributed by atoms with van der Waals surface area (Å²) in [6.07, 6.45) is 0. The van der Waals surface area contributed by atoms with Crippen molar-refractivity contribution < 1.29 is 13.2 Å². The van der Waals surface area contributed by atoms with Crippen molar-refractivity contribution in [2.45, 2.75) is 12.7 Å². The van der Waals surface area contributed by atoms with E-state index in [0.717, 1.165) is 32.7 Å². The van der Waals surface area contributed by atoms with Crippen LogP contribution in [0.3, 0.4) is 0 Å². The summed E-state index contributed by atoms with van der Waals surface area (Å²) in [5, 5.41) is 0. The van der Waals surface area contributed by atoms with Gasteiger partial charge in [0.05, 0.1) is 5.69 Å². The second-order valence-electron chi connectivity index (χ2n) is 4.62. The lowest BCUT2D eigenvalue weighted by Crippen LogP contribution is -2.46. The first-order chi connectivity index (χ1) is 9.11. The maximum atomic E-state index is 14.3. The van der Waals surface area contributed by atoms with Crippen LogP contribution in [0.5, 0.6) is 0 Å². The fourth-order valence-electron chi connectivity index (χ4n) is 2.35. The van der Waals surface area contributed by atoms with Gasteiger partial charge in [0.25, 0.3) is 0 Å². The van der Waals surface area contributed by atoms with Crippen molar-refractivity contribution in [1.82, 2.24) is 4.90 Å². The minimum Gasteiger partial charge on any atom is -0.772 e. The van der Waals surface area contributed by atoms with Crippen LogP contribution in [0.4, 0.5) is 10.1 Å². The molecule has 1 aromatic carbocycles. The average molecular weight is 285 g/mol. The highest BCUT2D eigenvalue weighted by Crippen LogP contribution is 2.24. The molecule has 1 fully saturated rings. The highest BCUT2D eigenvalue weighted by atomic mass is 32.2. The second kappa shape index (κ2) is 6.45. The number of benzene rings is 1. The van der Waals surface area contributed by atoms with Gasteiger partial charge in [-0.05, 0) is 12.6 Å². The molecule has 0 spiro atoms. The zero-order chi connectivity index (χ0) is 13.8. The number of likely N-dealkylation sites (N-methyl/N-ethyl adjacent to an activating group) is 1. The Morgan fingerprint density at radius 2 is 2.00 bits per heavy atom. The quantitative estimate of drug-likeness (QED) is 0.783. The smallest absolute Gasteiger partial charge is 0.150 e. The van der Waals surface area contributed by atoms with Crippen LogP contribution < -0.4 is 4.90 Å². The van der Waals surface area contributed by atoms with Gasteiger partial charge in [-0.3, -0.25) is 4.21 Å². The molecule has 0 radical (unpaired) electrons. The molecule has 2 rings (SSSR count). The Hall–Kier alpha value is -0.980. The third-order valence-corrected chi connectivity index (χ3v) is 4.04. The molecule has 0 saturated carbocycles. The van der Waals surface area contributed by atoms with Gasteiger partial charge in [-0.25, -0.2) is 4.39 Å². The van der Waals surface area contributed by atoms with Crippen molar-refractivity contribution in [1.29, 1.82) is 0 Å². The molecular weight excluding hydrogens is 267 g/mol. The van der Waals surface area contributed by atoms with E-state index in [2.05, 4.69) is 11.8 Å². The Bertz CT molecular complexity index is 462. The summed E-state index contributed by atoms with van der Waals surface area (Å²) in [5.41, 5.74) is 0.752. The zero-order valence-electron chi connectivity index (χ0n) is 11.0. The second-order valence-corrected chi connectivity index (χ2v) is 5.52. The predicted octanol–water partition coefficient (Wildman–Crippen LogP) is 1.35. The molecule has 0 bridgehead atoms. The minimum atomic E-state index is -2.26. The van der Waals surface area contributed by atoms with Crippen LogP contribution in [0, 0.1) is 5.82 Å². The van der Waals surface area contributed by atoms with E-state index >= 15 is 0 Å². The van der Waals surface area contributed by atoms with Crippen LogP contribution in [0.15, 0.2) is 18.2 Å². The molecule has 0 amide bonds. The summed E-state index contributed by atoms with van der Waals surface area (Å²) in [4.78, 5) is 4.30. The van der Waals surface area contributed by atoms with E-state index in [9.17, 15) is 13.2 Å². The highest BCUT2D eigenvalue weighted by Gasteiger charge is 2.19. The van der Waals surface area contributed by atoms with Gasteiger partial charge in [-0.15, -0.1) is 0 Å². The number of rotatable bonds is 4. The van der Waals surface area contributed by atoms with Crippen LogP contribution >= 0.6 is 0 Å². The maximum Gasteiger partial charge on any atom is 0.150 e. The molecule has 4 nitrogen and oxygen atoms in total. The van der Waals surface area contributed by atoms with Crippen molar-refractivity contribution in [2.24, 2.45) is 0 Å². The first-order valence-corrected chi connectivity index (χ1v) is 7.66. The summed E-state index contributed by atoms with van der Waals surface area (Å²) < 4.78 is 35.7. The van der Waals surface area contributed by atoms with E-state index in [1.807, 2.05) is 4.90 Å². The summed E-state index contributed by atoms with van der Waals surface area (Å²) in [5.74, 6) is -0.675.